The second-order valence-corrected chi connectivity index (χ2v) is 6.27. The first-order chi connectivity index (χ1) is 11.0. The van der Waals surface area contributed by atoms with Gasteiger partial charge < -0.3 is 15.2 Å². The van der Waals surface area contributed by atoms with E-state index in [1.54, 1.807) is 6.92 Å². The molecule has 1 aromatic heterocycles. The Labute approximate surface area is 138 Å². The second-order valence-electron chi connectivity index (χ2n) is 5.04. The Morgan fingerprint density at radius 1 is 1.30 bits per heavy atom. The van der Waals surface area contributed by atoms with Crippen LogP contribution in [0, 0.1) is 13.8 Å². The maximum absolute atomic E-state index is 12.0. The van der Waals surface area contributed by atoms with E-state index in [9.17, 15) is 9.59 Å². The van der Waals surface area contributed by atoms with E-state index in [-0.39, 0.29) is 13.0 Å². The van der Waals surface area contributed by atoms with Crippen molar-refractivity contribution in [3.63, 3.8) is 0 Å². The summed E-state index contributed by atoms with van der Waals surface area (Å²) in [5.74, 6) is -0.996. The van der Waals surface area contributed by atoms with Gasteiger partial charge in [0, 0.05) is 0 Å². The van der Waals surface area contributed by atoms with Crippen LogP contribution in [0.5, 0.6) is 0 Å². The molecule has 23 heavy (non-hydrogen) atoms. The minimum Gasteiger partial charge on any atom is -0.481 e. The number of alkyl carbamates (subject to hydrolysis) is 1. The smallest absolute Gasteiger partial charge is 0.407 e. The van der Waals surface area contributed by atoms with Crippen LogP contribution >= 0.6 is 11.3 Å². The van der Waals surface area contributed by atoms with Crippen LogP contribution in [0.4, 0.5) is 4.79 Å². The van der Waals surface area contributed by atoms with Crippen molar-refractivity contribution in [3.05, 3.63) is 51.5 Å². The highest BCUT2D eigenvalue weighted by molar-refractivity contribution is 7.11. The Bertz CT molecular complexity index is 685. The molecule has 0 aliphatic carbocycles. The number of hydrogen-bond donors (Lipinski definition) is 2. The number of amides is 1. The summed E-state index contributed by atoms with van der Waals surface area (Å²) in [5.41, 5.74) is 1.59. The molecule has 2 N–H and O–H groups in total. The van der Waals surface area contributed by atoms with Gasteiger partial charge >= 0.3 is 12.1 Å². The van der Waals surface area contributed by atoms with Crippen molar-refractivity contribution in [2.45, 2.75) is 32.9 Å². The van der Waals surface area contributed by atoms with Gasteiger partial charge in [-0.1, -0.05) is 30.3 Å². The predicted molar refractivity (Wildman–Crippen MR) is 86.3 cm³/mol. The Kier molecular flexibility index (Phi) is 5.70. The Morgan fingerprint density at radius 3 is 2.57 bits per heavy atom. The molecular weight excluding hydrogens is 316 g/mol. The maximum Gasteiger partial charge on any atom is 0.407 e. The van der Waals surface area contributed by atoms with Crippen molar-refractivity contribution in [1.29, 1.82) is 0 Å². The summed E-state index contributed by atoms with van der Waals surface area (Å²) >= 11 is 1.38. The van der Waals surface area contributed by atoms with Gasteiger partial charge in [0.1, 0.15) is 6.61 Å². The number of benzene rings is 1. The highest BCUT2D eigenvalue weighted by atomic mass is 32.1. The minimum atomic E-state index is -0.996. The molecule has 1 amide bonds. The summed E-state index contributed by atoms with van der Waals surface area (Å²) in [6, 6.07) is 8.63. The van der Waals surface area contributed by atoms with Crippen LogP contribution in [0.2, 0.25) is 0 Å². The lowest BCUT2D eigenvalue weighted by Crippen LogP contribution is -2.30. The van der Waals surface area contributed by atoms with Crippen molar-refractivity contribution in [1.82, 2.24) is 10.3 Å². The first kappa shape index (κ1) is 17.0. The summed E-state index contributed by atoms with van der Waals surface area (Å²) < 4.78 is 5.15. The van der Waals surface area contributed by atoms with Gasteiger partial charge in [0.25, 0.3) is 0 Å². The Morgan fingerprint density at radius 2 is 2.00 bits per heavy atom. The van der Waals surface area contributed by atoms with E-state index in [1.807, 2.05) is 37.3 Å². The fraction of sp³-hybridized carbons (Fsp3) is 0.312. The zero-order chi connectivity index (χ0) is 16.8. The van der Waals surface area contributed by atoms with Crippen molar-refractivity contribution < 1.29 is 19.4 Å². The van der Waals surface area contributed by atoms with Crippen LogP contribution in [-0.4, -0.2) is 22.2 Å². The largest absolute Gasteiger partial charge is 0.481 e. The lowest BCUT2D eigenvalue weighted by Gasteiger charge is -2.16. The molecule has 0 aliphatic rings. The topological polar surface area (TPSA) is 88.5 Å². The molecule has 1 aromatic carbocycles. The third kappa shape index (κ3) is 5.07. The second kappa shape index (κ2) is 7.73. The van der Waals surface area contributed by atoms with Gasteiger partial charge in [-0.2, -0.15) is 0 Å². The van der Waals surface area contributed by atoms with Crippen LogP contribution in [0.1, 0.15) is 33.6 Å². The lowest BCUT2D eigenvalue weighted by molar-refractivity contribution is -0.137. The number of nitrogens with one attached hydrogen (secondary N) is 1. The van der Waals surface area contributed by atoms with Crippen LogP contribution in [0.25, 0.3) is 0 Å². The van der Waals surface area contributed by atoms with Crippen molar-refractivity contribution >= 4 is 23.4 Å². The van der Waals surface area contributed by atoms with E-state index in [0.29, 0.717) is 0 Å². The number of aryl methyl sites for hydroxylation is 2. The summed E-state index contributed by atoms with van der Waals surface area (Å²) in [4.78, 5) is 28.0. The van der Waals surface area contributed by atoms with Crippen LogP contribution in [-0.2, 0) is 16.1 Å². The van der Waals surface area contributed by atoms with Gasteiger partial charge in [-0.05, 0) is 19.4 Å². The number of ether oxygens (including phenoxy) is 1. The Balaban J connectivity index is 2.01. The van der Waals surface area contributed by atoms with E-state index < -0.39 is 18.1 Å². The highest BCUT2D eigenvalue weighted by Gasteiger charge is 2.23. The quantitative estimate of drug-likeness (QED) is 0.847. The van der Waals surface area contributed by atoms with Gasteiger partial charge in [0.05, 0.1) is 28.0 Å². The molecule has 0 unspecified atom stereocenters. The first-order valence-electron chi connectivity index (χ1n) is 7.08. The predicted octanol–water partition coefficient (Wildman–Crippen LogP) is 3.20. The van der Waals surface area contributed by atoms with Crippen molar-refractivity contribution in [2.24, 2.45) is 0 Å². The molecule has 6 nitrogen and oxygen atoms in total. The number of nitrogens with zero attached hydrogens (tertiary/aromatic N) is 1. The molecule has 1 heterocycles. The van der Waals surface area contributed by atoms with Gasteiger partial charge in [0.2, 0.25) is 0 Å². The molecular formula is C16H18N2O4S. The highest BCUT2D eigenvalue weighted by Crippen LogP contribution is 2.27. The normalized spacial score (nSPS) is 11.7. The number of carboxylic acids is 1. The third-order valence-electron chi connectivity index (χ3n) is 3.14. The van der Waals surface area contributed by atoms with Crippen LogP contribution in [0.3, 0.4) is 0 Å². The van der Waals surface area contributed by atoms with Gasteiger partial charge in [-0.3, -0.25) is 4.79 Å². The zero-order valence-electron chi connectivity index (χ0n) is 12.9. The molecule has 0 saturated carbocycles. The van der Waals surface area contributed by atoms with Crippen molar-refractivity contribution in [3.8, 4) is 0 Å². The van der Waals surface area contributed by atoms with E-state index in [0.717, 1.165) is 21.1 Å². The molecule has 0 fully saturated rings. The van der Waals surface area contributed by atoms with Gasteiger partial charge in [-0.25, -0.2) is 9.78 Å². The maximum atomic E-state index is 12.0. The number of thiazole rings is 1. The molecule has 0 bridgehead atoms. The minimum absolute atomic E-state index is 0.132. The monoisotopic (exact) mass is 334 g/mol. The number of aliphatic carboxylic acids is 1. The number of carbonyl (C=O) groups is 2. The molecule has 7 heteroatoms. The fourth-order valence-electron chi connectivity index (χ4n) is 2.16. The molecule has 0 spiro atoms. The molecule has 0 radical (unpaired) electrons. The van der Waals surface area contributed by atoms with E-state index in [2.05, 4.69) is 10.3 Å². The van der Waals surface area contributed by atoms with E-state index in [1.165, 1.54) is 11.3 Å². The molecule has 0 aliphatic heterocycles. The lowest BCUT2D eigenvalue weighted by atomic mass is 10.1. The third-order valence-corrected chi connectivity index (χ3v) is 4.33. The molecule has 2 aromatic rings. The van der Waals surface area contributed by atoms with Crippen LogP contribution in [0.15, 0.2) is 30.3 Å². The summed E-state index contributed by atoms with van der Waals surface area (Å²) in [6.45, 7) is 3.77. The number of hydrogen-bond acceptors (Lipinski definition) is 5. The van der Waals surface area contributed by atoms with E-state index in [4.69, 9.17) is 9.84 Å². The molecule has 122 valence electrons. The summed E-state index contributed by atoms with van der Waals surface area (Å²) in [5, 5.41) is 12.5. The Hall–Kier alpha value is -2.41. The number of rotatable bonds is 6. The van der Waals surface area contributed by atoms with Crippen LogP contribution < -0.4 is 5.32 Å². The number of aromatic nitrogens is 1. The SMILES string of the molecule is Cc1nc(C)c([C@H](CC(=O)O)NC(=O)OCc2ccccc2)s1. The standard InChI is InChI=1S/C16H18N2O4S/c1-10-15(23-11(2)17-10)13(8-14(19)20)18-16(21)22-9-12-6-4-3-5-7-12/h3-7,13H,8-9H2,1-2H3,(H,18,21)(H,19,20)/t13-/m0/s1. The average Bonchev–Trinajstić information content (AvgIpc) is 2.84. The number of carboxylic acid groups (broad SMARTS) is 1. The zero-order valence-corrected chi connectivity index (χ0v) is 13.7. The van der Waals surface area contributed by atoms with E-state index >= 15 is 0 Å². The first-order valence-corrected chi connectivity index (χ1v) is 7.90. The van der Waals surface area contributed by atoms with Gasteiger partial charge in [-0.15, -0.1) is 11.3 Å². The van der Waals surface area contributed by atoms with Gasteiger partial charge in [0.15, 0.2) is 0 Å². The molecule has 2 rings (SSSR count). The van der Waals surface area contributed by atoms with Crippen molar-refractivity contribution in [2.75, 3.05) is 0 Å². The number of carbonyl (C=O) groups excluding carboxylic acids is 1. The summed E-state index contributed by atoms with van der Waals surface area (Å²) in [6.07, 6.45) is -0.867. The summed E-state index contributed by atoms with van der Waals surface area (Å²) in [7, 11) is 0. The molecule has 1 atom stereocenters. The molecule has 0 saturated heterocycles. The fourth-order valence-corrected chi connectivity index (χ4v) is 3.14. The average molecular weight is 334 g/mol.